The largest absolute Gasteiger partial charge is 0.416 e. The van der Waals surface area contributed by atoms with Crippen molar-refractivity contribution in [1.82, 2.24) is 9.80 Å². The molecule has 4 aliphatic rings. The number of likely N-dealkylation sites (tertiary alicyclic amines) is 2. The molecule has 2 aliphatic heterocycles. The van der Waals surface area contributed by atoms with Gasteiger partial charge in [0.2, 0.25) is 5.91 Å². The van der Waals surface area contributed by atoms with Crippen molar-refractivity contribution in [3.05, 3.63) is 35.4 Å². The number of nitrogens with zero attached hydrogens (tertiary/aromatic N) is 2. The fourth-order valence-electron chi connectivity index (χ4n) is 8.02. The molecule has 2 heterocycles. The predicted molar refractivity (Wildman–Crippen MR) is 172 cm³/mol. The van der Waals surface area contributed by atoms with Crippen molar-refractivity contribution >= 4 is 5.91 Å². The van der Waals surface area contributed by atoms with Gasteiger partial charge in [0.1, 0.15) is 0 Å². The van der Waals surface area contributed by atoms with Crippen molar-refractivity contribution in [2.24, 2.45) is 29.1 Å². The van der Waals surface area contributed by atoms with Crippen molar-refractivity contribution in [2.45, 2.75) is 130 Å². The van der Waals surface area contributed by atoms with Crippen LogP contribution in [-0.2, 0) is 22.1 Å². The Kier molecular flexibility index (Phi) is 13.1. The molecule has 4 unspecified atom stereocenters. The van der Waals surface area contributed by atoms with Crippen molar-refractivity contribution in [2.75, 3.05) is 32.9 Å². The van der Waals surface area contributed by atoms with Crippen LogP contribution in [0.5, 0.6) is 0 Å². The fraction of sp³-hybridized carbons (Fsp3) is 0.811. The van der Waals surface area contributed by atoms with Gasteiger partial charge in [-0.25, -0.2) is 0 Å². The van der Waals surface area contributed by atoms with Gasteiger partial charge in [-0.2, -0.15) is 13.2 Å². The number of alkyl halides is 3. The molecule has 2 saturated carbocycles. The van der Waals surface area contributed by atoms with Gasteiger partial charge >= 0.3 is 6.18 Å². The van der Waals surface area contributed by atoms with E-state index in [-0.39, 0.29) is 0 Å². The summed E-state index contributed by atoms with van der Waals surface area (Å²) in [6, 6.07) is 5.23. The van der Waals surface area contributed by atoms with Crippen molar-refractivity contribution in [3.63, 3.8) is 0 Å². The Hall–Kier alpha value is -1.60. The molecule has 250 valence electrons. The third-order valence-electron chi connectivity index (χ3n) is 11.2. The lowest BCUT2D eigenvalue weighted by atomic mass is 9.70. The molecule has 2 aliphatic carbocycles. The van der Waals surface area contributed by atoms with Crippen molar-refractivity contribution < 1.29 is 22.7 Å². The molecule has 0 aromatic heterocycles. The summed E-state index contributed by atoms with van der Waals surface area (Å²) in [5.74, 6) is 3.03. The number of halogens is 3. The van der Waals surface area contributed by atoms with E-state index in [0.717, 1.165) is 49.9 Å². The van der Waals surface area contributed by atoms with Crippen molar-refractivity contribution in [1.29, 1.82) is 0 Å². The fourth-order valence-corrected chi connectivity index (χ4v) is 8.02. The van der Waals surface area contributed by atoms with E-state index in [4.69, 9.17) is 4.74 Å². The van der Waals surface area contributed by atoms with E-state index in [2.05, 4.69) is 30.6 Å². The quantitative estimate of drug-likeness (QED) is 0.233. The van der Waals surface area contributed by atoms with Crippen LogP contribution in [0.15, 0.2) is 24.3 Å². The summed E-state index contributed by atoms with van der Waals surface area (Å²) in [6.07, 6.45) is 13.5. The number of fused-ring (bicyclic) bond motifs is 1. The second kappa shape index (κ2) is 16.3. The topological polar surface area (TPSA) is 32.8 Å². The molecule has 4 atom stereocenters. The van der Waals surface area contributed by atoms with E-state index in [1.165, 1.54) is 109 Å². The van der Waals surface area contributed by atoms with Gasteiger partial charge in [-0.15, -0.1) is 0 Å². The number of amides is 1. The monoisotopic (exact) mass is 620 g/mol. The summed E-state index contributed by atoms with van der Waals surface area (Å²) in [5.41, 5.74) is 0.744. The number of piperidine rings is 2. The second-order valence-corrected chi connectivity index (χ2v) is 14.5. The SMILES string of the molecule is CCCC1(CCC(C)CC)CN(CC2CCC(OCN3CCCCC3)CC2)C(=O)C2CC21.CCc1ccc(C(F)(F)F)cc1. The van der Waals surface area contributed by atoms with Gasteiger partial charge in [0.15, 0.2) is 0 Å². The standard InChI is InChI=1S/C28H50N2O2.C9H9F3/c1-4-14-28(15-13-22(3)5-2)20-30(27(31)25-18-26(25)28)19-23-9-11-24(12-10-23)32-21-29-16-7-6-8-17-29;1-2-7-3-5-8(6-4-7)9(10,11)12/h22-26H,4-21H2,1-3H3;3-6H,2H2,1H3. The molecule has 7 heteroatoms. The first-order valence-electron chi connectivity index (χ1n) is 17.9. The van der Waals surface area contributed by atoms with E-state index in [1.807, 2.05) is 6.92 Å². The van der Waals surface area contributed by atoms with Crippen LogP contribution in [0.4, 0.5) is 13.2 Å². The summed E-state index contributed by atoms with van der Waals surface area (Å²) in [7, 11) is 0. The van der Waals surface area contributed by atoms with E-state index in [0.29, 0.717) is 35.2 Å². The Morgan fingerprint density at radius 2 is 1.66 bits per heavy atom. The molecule has 0 radical (unpaired) electrons. The number of aryl methyl sites for hydroxylation is 1. The van der Waals surface area contributed by atoms with Gasteiger partial charge < -0.3 is 9.64 Å². The molecule has 1 aromatic rings. The van der Waals surface area contributed by atoms with Crippen LogP contribution < -0.4 is 0 Å². The molecular weight excluding hydrogens is 561 g/mol. The maximum absolute atomic E-state index is 13.2. The van der Waals surface area contributed by atoms with E-state index in [9.17, 15) is 18.0 Å². The lowest BCUT2D eigenvalue weighted by Crippen LogP contribution is -2.50. The molecule has 0 N–H and O–H groups in total. The molecule has 0 bridgehead atoms. The summed E-state index contributed by atoms with van der Waals surface area (Å²) >= 11 is 0. The van der Waals surface area contributed by atoms with Crippen LogP contribution in [0.25, 0.3) is 0 Å². The van der Waals surface area contributed by atoms with Crippen LogP contribution in [-0.4, -0.2) is 54.7 Å². The number of hydrogen-bond acceptors (Lipinski definition) is 3. The Bertz CT molecular complexity index is 1000. The van der Waals surface area contributed by atoms with E-state index >= 15 is 0 Å². The third-order valence-corrected chi connectivity index (χ3v) is 11.2. The Balaban J connectivity index is 0.000000309. The smallest absolute Gasteiger partial charge is 0.363 e. The highest BCUT2D eigenvalue weighted by atomic mass is 19.4. The van der Waals surface area contributed by atoms with Crippen molar-refractivity contribution in [3.8, 4) is 0 Å². The zero-order chi connectivity index (χ0) is 31.7. The normalized spacial score (nSPS) is 29.9. The lowest BCUT2D eigenvalue weighted by Gasteiger charge is -2.45. The molecule has 44 heavy (non-hydrogen) atoms. The van der Waals surface area contributed by atoms with Crippen LogP contribution in [0.1, 0.15) is 122 Å². The van der Waals surface area contributed by atoms with E-state index in [1.54, 1.807) is 0 Å². The second-order valence-electron chi connectivity index (χ2n) is 14.5. The zero-order valence-corrected chi connectivity index (χ0v) is 28.0. The molecule has 1 amide bonds. The summed E-state index contributed by atoms with van der Waals surface area (Å²) in [5, 5.41) is 0. The Labute approximate surface area is 265 Å². The van der Waals surface area contributed by atoms with Crippen LogP contribution in [0.3, 0.4) is 0 Å². The van der Waals surface area contributed by atoms with E-state index < -0.39 is 11.7 Å². The maximum atomic E-state index is 13.2. The van der Waals surface area contributed by atoms with Gasteiger partial charge in [0, 0.05) is 32.1 Å². The molecule has 5 rings (SSSR count). The maximum Gasteiger partial charge on any atom is 0.416 e. The Morgan fingerprint density at radius 1 is 0.977 bits per heavy atom. The average molecular weight is 621 g/mol. The Morgan fingerprint density at radius 3 is 2.25 bits per heavy atom. The summed E-state index contributed by atoms with van der Waals surface area (Å²) < 4.78 is 42.4. The van der Waals surface area contributed by atoms with Crippen LogP contribution in [0.2, 0.25) is 0 Å². The third kappa shape index (κ3) is 9.70. The van der Waals surface area contributed by atoms with Crippen LogP contribution >= 0.6 is 0 Å². The van der Waals surface area contributed by atoms with Gasteiger partial charge in [-0.1, -0.05) is 65.5 Å². The van der Waals surface area contributed by atoms with Gasteiger partial charge in [0.05, 0.1) is 18.4 Å². The number of carbonyl (C=O) groups is 1. The molecule has 0 spiro atoms. The number of ether oxygens (including phenoxy) is 1. The molecule has 1 aromatic carbocycles. The number of benzene rings is 1. The summed E-state index contributed by atoms with van der Waals surface area (Å²) in [6.45, 7) is 14.3. The van der Waals surface area contributed by atoms with Gasteiger partial charge in [-0.3, -0.25) is 9.69 Å². The number of hydrogen-bond donors (Lipinski definition) is 0. The highest BCUT2D eigenvalue weighted by Crippen LogP contribution is 2.60. The summed E-state index contributed by atoms with van der Waals surface area (Å²) in [4.78, 5) is 18.0. The zero-order valence-electron chi connectivity index (χ0n) is 28.0. The van der Waals surface area contributed by atoms with Gasteiger partial charge in [0.25, 0.3) is 0 Å². The van der Waals surface area contributed by atoms with Gasteiger partial charge in [-0.05, 0) is 105 Å². The minimum Gasteiger partial charge on any atom is -0.363 e. The average Bonchev–Trinajstić information content (AvgIpc) is 3.85. The minimum absolute atomic E-state index is 0.358. The molecule has 2 saturated heterocycles. The lowest BCUT2D eigenvalue weighted by molar-refractivity contribution is -0.141. The van der Waals surface area contributed by atoms with Crippen LogP contribution in [0, 0.1) is 29.1 Å². The number of carbonyl (C=O) groups excluding carboxylic acids is 1. The molecule has 4 fully saturated rings. The highest BCUT2D eigenvalue weighted by Gasteiger charge is 2.60. The molecule has 4 nitrogen and oxygen atoms in total. The first-order valence-corrected chi connectivity index (χ1v) is 17.9. The minimum atomic E-state index is -4.22. The predicted octanol–water partition coefficient (Wildman–Crippen LogP) is 9.36. The number of rotatable bonds is 12. The first-order chi connectivity index (χ1) is 21.1. The highest BCUT2D eigenvalue weighted by molar-refractivity contribution is 5.83. The first kappa shape index (κ1) is 35.3. The molecular formula is C37H59F3N2O2.